The van der Waals surface area contributed by atoms with Crippen LogP contribution in [0.15, 0.2) is 78.9 Å². The fraction of sp³-hybridized carbons (Fsp3) is 0.136. The SMILES string of the molecule is COc1cccc(OCCn2c(-c3ccccc3)nc3ccccc32)c1. The molecule has 0 aliphatic rings. The molecule has 0 bridgehead atoms. The number of benzene rings is 3. The summed E-state index contributed by atoms with van der Waals surface area (Å²) in [5.41, 5.74) is 3.21. The van der Waals surface area contributed by atoms with Crippen LogP contribution in [0.25, 0.3) is 22.4 Å². The normalized spacial score (nSPS) is 10.8. The van der Waals surface area contributed by atoms with Crippen LogP contribution in [0.5, 0.6) is 11.5 Å². The van der Waals surface area contributed by atoms with Crippen LogP contribution in [-0.4, -0.2) is 23.3 Å². The molecule has 0 saturated heterocycles. The smallest absolute Gasteiger partial charge is 0.141 e. The van der Waals surface area contributed by atoms with Crippen molar-refractivity contribution in [2.24, 2.45) is 0 Å². The van der Waals surface area contributed by atoms with E-state index in [1.807, 2.05) is 60.7 Å². The van der Waals surface area contributed by atoms with Crippen molar-refractivity contribution in [1.29, 1.82) is 0 Å². The molecule has 0 amide bonds. The largest absolute Gasteiger partial charge is 0.497 e. The Bertz CT molecular complexity index is 1010. The van der Waals surface area contributed by atoms with Crippen molar-refractivity contribution in [3.05, 3.63) is 78.9 Å². The highest BCUT2D eigenvalue weighted by atomic mass is 16.5. The van der Waals surface area contributed by atoms with Crippen LogP contribution in [0.4, 0.5) is 0 Å². The summed E-state index contributed by atoms with van der Waals surface area (Å²) in [6, 6.07) is 26.1. The van der Waals surface area contributed by atoms with Gasteiger partial charge < -0.3 is 14.0 Å². The van der Waals surface area contributed by atoms with Gasteiger partial charge in [0.15, 0.2) is 0 Å². The molecule has 0 N–H and O–H groups in total. The lowest BCUT2D eigenvalue weighted by atomic mass is 10.2. The number of nitrogens with zero attached hydrogens (tertiary/aromatic N) is 2. The number of fused-ring (bicyclic) bond motifs is 1. The highest BCUT2D eigenvalue weighted by molar-refractivity contribution is 5.80. The standard InChI is InChI=1S/C22H20N2O2/c1-25-18-10-7-11-19(16-18)26-15-14-24-21-13-6-5-12-20(21)23-22(24)17-8-3-2-4-9-17/h2-13,16H,14-15H2,1H3. The third kappa shape index (κ3) is 3.26. The van der Waals surface area contributed by atoms with E-state index < -0.39 is 0 Å². The number of ether oxygens (including phenoxy) is 2. The Balaban J connectivity index is 1.61. The highest BCUT2D eigenvalue weighted by Crippen LogP contribution is 2.25. The molecule has 0 atom stereocenters. The van der Waals surface area contributed by atoms with Gasteiger partial charge in [-0.05, 0) is 24.3 Å². The summed E-state index contributed by atoms with van der Waals surface area (Å²) in [7, 11) is 1.66. The molecule has 0 fully saturated rings. The van der Waals surface area contributed by atoms with Gasteiger partial charge in [-0.2, -0.15) is 0 Å². The van der Waals surface area contributed by atoms with Gasteiger partial charge in [-0.15, -0.1) is 0 Å². The first kappa shape index (κ1) is 16.2. The summed E-state index contributed by atoms with van der Waals surface area (Å²) in [6.45, 7) is 1.26. The zero-order valence-electron chi connectivity index (χ0n) is 14.6. The van der Waals surface area contributed by atoms with E-state index in [9.17, 15) is 0 Å². The molecular formula is C22H20N2O2. The van der Waals surface area contributed by atoms with Crippen molar-refractivity contribution in [3.8, 4) is 22.9 Å². The van der Waals surface area contributed by atoms with E-state index >= 15 is 0 Å². The fourth-order valence-electron chi connectivity index (χ4n) is 3.06. The molecule has 0 aliphatic carbocycles. The van der Waals surface area contributed by atoms with Crippen molar-refractivity contribution in [1.82, 2.24) is 9.55 Å². The van der Waals surface area contributed by atoms with E-state index in [2.05, 4.69) is 22.8 Å². The minimum atomic E-state index is 0.549. The molecular weight excluding hydrogens is 324 g/mol. The van der Waals surface area contributed by atoms with Crippen LogP contribution in [0, 0.1) is 0 Å². The lowest BCUT2D eigenvalue weighted by Crippen LogP contribution is -2.09. The molecule has 4 rings (SSSR count). The molecule has 0 aliphatic heterocycles. The van der Waals surface area contributed by atoms with E-state index in [-0.39, 0.29) is 0 Å². The molecule has 3 aromatic carbocycles. The minimum Gasteiger partial charge on any atom is -0.497 e. The molecule has 1 heterocycles. The third-order valence-electron chi connectivity index (χ3n) is 4.31. The van der Waals surface area contributed by atoms with Gasteiger partial charge >= 0.3 is 0 Å². The van der Waals surface area contributed by atoms with Crippen LogP contribution < -0.4 is 9.47 Å². The maximum absolute atomic E-state index is 5.93. The predicted octanol–water partition coefficient (Wildman–Crippen LogP) is 4.79. The Morgan fingerprint density at radius 1 is 0.846 bits per heavy atom. The fourth-order valence-corrected chi connectivity index (χ4v) is 3.06. The van der Waals surface area contributed by atoms with Gasteiger partial charge in [0.05, 0.1) is 24.7 Å². The Morgan fingerprint density at radius 3 is 2.46 bits per heavy atom. The molecule has 4 heteroatoms. The van der Waals surface area contributed by atoms with Crippen molar-refractivity contribution in [2.45, 2.75) is 6.54 Å². The van der Waals surface area contributed by atoms with Crippen LogP contribution >= 0.6 is 0 Å². The number of aromatic nitrogens is 2. The Kier molecular flexibility index (Phi) is 4.56. The summed E-state index contributed by atoms with van der Waals surface area (Å²) < 4.78 is 13.4. The number of imidazole rings is 1. The summed E-state index contributed by atoms with van der Waals surface area (Å²) in [5.74, 6) is 2.55. The zero-order valence-corrected chi connectivity index (χ0v) is 14.6. The maximum atomic E-state index is 5.93. The summed E-state index contributed by atoms with van der Waals surface area (Å²) in [5, 5.41) is 0. The van der Waals surface area contributed by atoms with Crippen molar-refractivity contribution in [3.63, 3.8) is 0 Å². The zero-order chi connectivity index (χ0) is 17.8. The van der Waals surface area contributed by atoms with E-state index in [0.717, 1.165) is 33.9 Å². The number of rotatable bonds is 6. The molecule has 130 valence electrons. The van der Waals surface area contributed by atoms with Gasteiger partial charge in [-0.25, -0.2) is 4.98 Å². The minimum absolute atomic E-state index is 0.549. The highest BCUT2D eigenvalue weighted by Gasteiger charge is 2.12. The average molecular weight is 344 g/mol. The number of hydrogen-bond donors (Lipinski definition) is 0. The lowest BCUT2D eigenvalue weighted by Gasteiger charge is -2.11. The quantitative estimate of drug-likeness (QED) is 0.504. The molecule has 0 spiro atoms. The van der Waals surface area contributed by atoms with E-state index in [4.69, 9.17) is 14.5 Å². The number of hydrogen-bond acceptors (Lipinski definition) is 3. The first-order valence-electron chi connectivity index (χ1n) is 8.63. The summed E-state index contributed by atoms with van der Waals surface area (Å²) in [4.78, 5) is 4.82. The first-order chi connectivity index (χ1) is 12.8. The van der Waals surface area contributed by atoms with Gasteiger partial charge in [0.1, 0.15) is 23.9 Å². The average Bonchev–Trinajstić information content (AvgIpc) is 3.08. The molecule has 0 radical (unpaired) electrons. The van der Waals surface area contributed by atoms with E-state index in [1.165, 1.54) is 0 Å². The lowest BCUT2D eigenvalue weighted by molar-refractivity contribution is 0.298. The van der Waals surface area contributed by atoms with Crippen LogP contribution in [0.1, 0.15) is 0 Å². The van der Waals surface area contributed by atoms with Crippen molar-refractivity contribution < 1.29 is 9.47 Å². The van der Waals surface area contributed by atoms with E-state index in [1.54, 1.807) is 7.11 Å². The molecule has 0 unspecified atom stereocenters. The number of para-hydroxylation sites is 2. The Hall–Kier alpha value is -3.27. The number of methoxy groups -OCH3 is 1. The third-order valence-corrected chi connectivity index (χ3v) is 4.31. The van der Waals surface area contributed by atoms with E-state index in [0.29, 0.717) is 13.2 Å². The van der Waals surface area contributed by atoms with Gasteiger partial charge in [-0.3, -0.25) is 0 Å². The Morgan fingerprint density at radius 2 is 1.62 bits per heavy atom. The molecule has 4 aromatic rings. The molecule has 0 saturated carbocycles. The van der Waals surface area contributed by atoms with Gasteiger partial charge in [0.2, 0.25) is 0 Å². The van der Waals surface area contributed by atoms with Gasteiger partial charge in [0.25, 0.3) is 0 Å². The van der Waals surface area contributed by atoms with Crippen LogP contribution in [-0.2, 0) is 6.54 Å². The summed E-state index contributed by atoms with van der Waals surface area (Å²) in [6.07, 6.45) is 0. The summed E-state index contributed by atoms with van der Waals surface area (Å²) >= 11 is 0. The molecule has 26 heavy (non-hydrogen) atoms. The monoisotopic (exact) mass is 344 g/mol. The van der Waals surface area contributed by atoms with Crippen LogP contribution in [0.2, 0.25) is 0 Å². The first-order valence-corrected chi connectivity index (χ1v) is 8.63. The second kappa shape index (κ2) is 7.31. The predicted molar refractivity (Wildman–Crippen MR) is 104 cm³/mol. The van der Waals surface area contributed by atoms with Crippen molar-refractivity contribution >= 4 is 11.0 Å². The molecule has 4 nitrogen and oxygen atoms in total. The topological polar surface area (TPSA) is 36.3 Å². The van der Waals surface area contributed by atoms with Gasteiger partial charge in [0, 0.05) is 11.6 Å². The second-order valence-corrected chi connectivity index (χ2v) is 5.97. The molecule has 1 aromatic heterocycles. The Labute approximate surface area is 152 Å². The van der Waals surface area contributed by atoms with Crippen LogP contribution in [0.3, 0.4) is 0 Å². The maximum Gasteiger partial charge on any atom is 0.141 e. The van der Waals surface area contributed by atoms with Gasteiger partial charge in [-0.1, -0.05) is 48.5 Å². The van der Waals surface area contributed by atoms with Crippen molar-refractivity contribution in [2.75, 3.05) is 13.7 Å². The second-order valence-electron chi connectivity index (χ2n) is 5.97.